The highest BCUT2D eigenvalue weighted by molar-refractivity contribution is 5.68. The van der Waals surface area contributed by atoms with E-state index in [0.717, 1.165) is 11.6 Å². The normalized spacial score (nSPS) is 10.6. The quantitative estimate of drug-likeness (QED) is 0.681. The minimum absolute atomic E-state index is 0.0985. The van der Waals surface area contributed by atoms with Crippen molar-refractivity contribution >= 4 is 0 Å². The summed E-state index contributed by atoms with van der Waals surface area (Å²) in [5.41, 5.74) is 1.60. The molecule has 0 aliphatic rings. The highest BCUT2D eigenvalue weighted by Crippen LogP contribution is 2.28. The van der Waals surface area contributed by atoms with Gasteiger partial charge in [0.05, 0.1) is 0 Å². The standard InChI is InChI=1S/C14H11F3/c1-2-9-5-3-4-6-10(9)11-7-8-12(15)14(17)13(11)16/h3-8H,2H2,1H3. The number of hydrogen-bond donors (Lipinski definition) is 0. The smallest absolute Gasteiger partial charge is 0.195 e. The summed E-state index contributed by atoms with van der Waals surface area (Å²) < 4.78 is 39.7. The Kier molecular flexibility index (Phi) is 3.18. The Hall–Kier alpha value is -1.77. The van der Waals surface area contributed by atoms with Crippen LogP contribution < -0.4 is 0 Å². The third-order valence-electron chi connectivity index (χ3n) is 2.72. The van der Waals surface area contributed by atoms with Gasteiger partial charge in [0, 0.05) is 5.56 Å². The summed E-state index contributed by atoms with van der Waals surface area (Å²) in [4.78, 5) is 0. The zero-order valence-electron chi connectivity index (χ0n) is 9.31. The fourth-order valence-electron chi connectivity index (χ4n) is 1.83. The van der Waals surface area contributed by atoms with Crippen molar-refractivity contribution in [1.29, 1.82) is 0 Å². The molecular weight excluding hydrogens is 225 g/mol. The van der Waals surface area contributed by atoms with Crippen molar-refractivity contribution in [1.82, 2.24) is 0 Å². The average Bonchev–Trinajstić information content (AvgIpc) is 2.36. The molecule has 0 N–H and O–H groups in total. The second kappa shape index (κ2) is 4.62. The second-order valence-corrected chi connectivity index (χ2v) is 3.73. The van der Waals surface area contributed by atoms with E-state index in [4.69, 9.17) is 0 Å². The molecule has 0 aliphatic carbocycles. The van der Waals surface area contributed by atoms with E-state index in [9.17, 15) is 13.2 Å². The van der Waals surface area contributed by atoms with Crippen LogP contribution in [0, 0.1) is 17.5 Å². The van der Waals surface area contributed by atoms with E-state index in [1.165, 1.54) is 6.07 Å². The van der Waals surface area contributed by atoms with Gasteiger partial charge >= 0.3 is 0 Å². The summed E-state index contributed by atoms with van der Waals surface area (Å²) in [7, 11) is 0. The zero-order valence-corrected chi connectivity index (χ0v) is 9.31. The maximum absolute atomic E-state index is 13.6. The van der Waals surface area contributed by atoms with Crippen LogP contribution in [0.25, 0.3) is 11.1 Å². The maximum Gasteiger partial charge on any atom is 0.195 e. The first-order chi connectivity index (χ1) is 8.15. The Morgan fingerprint density at radius 2 is 1.53 bits per heavy atom. The van der Waals surface area contributed by atoms with Gasteiger partial charge in [0.1, 0.15) is 0 Å². The van der Waals surface area contributed by atoms with Crippen molar-refractivity contribution in [2.75, 3.05) is 0 Å². The van der Waals surface area contributed by atoms with E-state index < -0.39 is 17.5 Å². The Labute approximate surface area is 97.7 Å². The van der Waals surface area contributed by atoms with E-state index in [-0.39, 0.29) is 5.56 Å². The van der Waals surface area contributed by atoms with Crippen LogP contribution in [0.1, 0.15) is 12.5 Å². The molecular formula is C14H11F3. The monoisotopic (exact) mass is 236 g/mol. The van der Waals surface area contributed by atoms with Gasteiger partial charge in [-0.1, -0.05) is 31.2 Å². The summed E-state index contributed by atoms with van der Waals surface area (Å²) in [5, 5.41) is 0. The van der Waals surface area contributed by atoms with E-state index in [1.807, 2.05) is 19.1 Å². The molecule has 17 heavy (non-hydrogen) atoms. The van der Waals surface area contributed by atoms with Gasteiger partial charge in [-0.3, -0.25) is 0 Å². The fourth-order valence-corrected chi connectivity index (χ4v) is 1.83. The molecule has 2 aromatic rings. The lowest BCUT2D eigenvalue weighted by molar-refractivity contribution is 0.449. The summed E-state index contributed by atoms with van der Waals surface area (Å²) in [6.45, 7) is 1.93. The maximum atomic E-state index is 13.6. The lowest BCUT2D eigenvalue weighted by Crippen LogP contribution is -1.96. The Morgan fingerprint density at radius 3 is 2.24 bits per heavy atom. The van der Waals surface area contributed by atoms with Gasteiger partial charge in [-0.2, -0.15) is 0 Å². The van der Waals surface area contributed by atoms with Crippen LogP contribution in [-0.2, 0) is 6.42 Å². The molecule has 0 bridgehead atoms. The first kappa shape index (κ1) is 11.7. The molecule has 2 aromatic carbocycles. The lowest BCUT2D eigenvalue weighted by atomic mass is 9.97. The summed E-state index contributed by atoms with van der Waals surface area (Å²) in [6.07, 6.45) is 0.703. The van der Waals surface area contributed by atoms with Crippen molar-refractivity contribution in [3.05, 3.63) is 59.4 Å². The molecule has 0 saturated heterocycles. The van der Waals surface area contributed by atoms with Gasteiger partial charge in [0.15, 0.2) is 17.5 Å². The van der Waals surface area contributed by atoms with E-state index in [1.54, 1.807) is 12.1 Å². The SMILES string of the molecule is CCc1ccccc1-c1ccc(F)c(F)c1F. The predicted molar refractivity (Wildman–Crippen MR) is 61.1 cm³/mol. The minimum Gasteiger partial charge on any atom is -0.204 e. The third kappa shape index (κ3) is 2.05. The Balaban J connectivity index is 2.65. The van der Waals surface area contributed by atoms with Crippen molar-refractivity contribution in [2.45, 2.75) is 13.3 Å². The van der Waals surface area contributed by atoms with Crippen LogP contribution in [0.5, 0.6) is 0 Å². The van der Waals surface area contributed by atoms with Crippen molar-refractivity contribution in [3.63, 3.8) is 0 Å². The number of aryl methyl sites for hydroxylation is 1. The molecule has 0 heterocycles. The summed E-state index contributed by atoms with van der Waals surface area (Å²) in [5.74, 6) is -3.72. The van der Waals surface area contributed by atoms with Gasteiger partial charge in [0.2, 0.25) is 0 Å². The van der Waals surface area contributed by atoms with Gasteiger partial charge in [0.25, 0.3) is 0 Å². The first-order valence-corrected chi connectivity index (χ1v) is 5.37. The average molecular weight is 236 g/mol. The Morgan fingerprint density at radius 1 is 0.824 bits per heavy atom. The van der Waals surface area contributed by atoms with Gasteiger partial charge in [-0.05, 0) is 29.7 Å². The van der Waals surface area contributed by atoms with Crippen LogP contribution >= 0.6 is 0 Å². The molecule has 3 heteroatoms. The van der Waals surface area contributed by atoms with E-state index in [0.29, 0.717) is 12.0 Å². The van der Waals surface area contributed by atoms with Crippen LogP contribution in [0.15, 0.2) is 36.4 Å². The highest BCUT2D eigenvalue weighted by atomic mass is 19.2. The molecule has 0 nitrogen and oxygen atoms in total. The summed E-state index contributed by atoms with van der Waals surface area (Å²) in [6, 6.07) is 9.34. The van der Waals surface area contributed by atoms with Crippen molar-refractivity contribution < 1.29 is 13.2 Å². The number of benzene rings is 2. The molecule has 0 aromatic heterocycles. The predicted octanol–water partition coefficient (Wildman–Crippen LogP) is 4.33. The van der Waals surface area contributed by atoms with Gasteiger partial charge < -0.3 is 0 Å². The lowest BCUT2D eigenvalue weighted by Gasteiger charge is -2.09. The number of rotatable bonds is 2. The molecule has 0 amide bonds. The van der Waals surface area contributed by atoms with Crippen molar-refractivity contribution in [3.8, 4) is 11.1 Å². The van der Waals surface area contributed by atoms with Crippen molar-refractivity contribution in [2.24, 2.45) is 0 Å². The molecule has 0 radical (unpaired) electrons. The van der Waals surface area contributed by atoms with Gasteiger partial charge in [-0.15, -0.1) is 0 Å². The second-order valence-electron chi connectivity index (χ2n) is 3.73. The summed E-state index contributed by atoms with van der Waals surface area (Å²) >= 11 is 0. The molecule has 2 rings (SSSR count). The third-order valence-corrected chi connectivity index (χ3v) is 2.72. The van der Waals surface area contributed by atoms with Gasteiger partial charge in [-0.25, -0.2) is 13.2 Å². The largest absolute Gasteiger partial charge is 0.204 e. The zero-order chi connectivity index (χ0) is 12.4. The van der Waals surface area contributed by atoms with Crippen LogP contribution in [0.3, 0.4) is 0 Å². The van der Waals surface area contributed by atoms with Crippen LogP contribution in [0.4, 0.5) is 13.2 Å². The minimum atomic E-state index is -1.42. The molecule has 0 atom stereocenters. The molecule has 0 fully saturated rings. The van der Waals surface area contributed by atoms with E-state index >= 15 is 0 Å². The molecule has 0 unspecified atom stereocenters. The molecule has 88 valence electrons. The molecule has 0 saturated carbocycles. The van der Waals surface area contributed by atoms with Crippen LogP contribution in [0.2, 0.25) is 0 Å². The molecule has 0 aliphatic heterocycles. The fraction of sp³-hybridized carbons (Fsp3) is 0.143. The first-order valence-electron chi connectivity index (χ1n) is 5.37. The highest BCUT2D eigenvalue weighted by Gasteiger charge is 2.15. The molecule has 0 spiro atoms. The Bertz CT molecular complexity index is 547. The van der Waals surface area contributed by atoms with E-state index in [2.05, 4.69) is 0 Å². The number of halogens is 3. The van der Waals surface area contributed by atoms with Crippen LogP contribution in [-0.4, -0.2) is 0 Å². The topological polar surface area (TPSA) is 0 Å². The number of hydrogen-bond acceptors (Lipinski definition) is 0.